The Labute approximate surface area is 184 Å². The summed E-state index contributed by atoms with van der Waals surface area (Å²) >= 11 is 0. The number of benzene rings is 2. The first-order valence-electron chi connectivity index (χ1n) is 11.2. The number of carbonyl (C=O) groups is 1. The minimum absolute atomic E-state index is 0.128. The van der Waals surface area contributed by atoms with Gasteiger partial charge in [-0.25, -0.2) is 0 Å². The first-order chi connectivity index (χ1) is 15.2. The molecule has 2 aromatic carbocycles. The number of rotatable bonds is 7. The lowest BCUT2D eigenvalue weighted by molar-refractivity contribution is -1.01. The number of amides is 1. The third-order valence-corrected chi connectivity index (χ3v) is 6.05. The van der Waals surface area contributed by atoms with Gasteiger partial charge in [0.15, 0.2) is 24.1 Å². The van der Waals surface area contributed by atoms with Crippen LogP contribution in [0.2, 0.25) is 0 Å². The predicted octanol–water partition coefficient (Wildman–Crippen LogP) is -0.218. The fraction of sp³-hybridized carbons (Fsp3) is 0.400. The molecule has 6 nitrogen and oxygen atoms in total. The molecule has 2 aliphatic rings. The maximum absolute atomic E-state index is 12.7. The molecule has 0 spiro atoms. The summed E-state index contributed by atoms with van der Waals surface area (Å²) in [5.41, 5.74) is 1.25. The molecular weight excluding hydrogens is 390 g/mol. The van der Waals surface area contributed by atoms with Crippen molar-refractivity contribution in [2.75, 3.05) is 59.5 Å². The van der Waals surface area contributed by atoms with Crippen LogP contribution in [0, 0.1) is 0 Å². The lowest BCUT2D eigenvalue weighted by Gasteiger charge is -2.31. The monoisotopic (exact) mass is 423 g/mol. The summed E-state index contributed by atoms with van der Waals surface area (Å²) in [7, 11) is 1.86. The summed E-state index contributed by atoms with van der Waals surface area (Å²) in [5, 5.41) is 0. The second kappa shape index (κ2) is 10.5. The van der Waals surface area contributed by atoms with Crippen molar-refractivity contribution in [1.29, 1.82) is 0 Å². The average Bonchev–Trinajstić information content (AvgIpc) is 2.81. The molecule has 2 N–H and O–H groups in total. The highest BCUT2D eigenvalue weighted by molar-refractivity contribution is 5.76. The summed E-state index contributed by atoms with van der Waals surface area (Å²) in [6.45, 7) is 6.87. The van der Waals surface area contributed by atoms with Crippen molar-refractivity contribution in [3.05, 3.63) is 66.2 Å². The SMILES string of the molecule is CN(C[C@H]1COc2ccccc2O1)C(=O)C[NH+]1CC[NH+](C/C=C/c2ccccc2)CC1. The minimum atomic E-state index is -0.128. The molecule has 6 heteroatoms. The second-order valence-corrected chi connectivity index (χ2v) is 8.47. The molecule has 1 saturated heterocycles. The van der Waals surface area contributed by atoms with Gasteiger partial charge in [-0.2, -0.15) is 0 Å². The molecule has 1 fully saturated rings. The summed E-state index contributed by atoms with van der Waals surface area (Å²) in [4.78, 5) is 17.5. The lowest BCUT2D eigenvalue weighted by Crippen LogP contribution is -3.28. The average molecular weight is 424 g/mol. The van der Waals surface area contributed by atoms with Crippen molar-refractivity contribution in [3.8, 4) is 11.5 Å². The Hall–Kier alpha value is -2.83. The van der Waals surface area contributed by atoms with E-state index in [4.69, 9.17) is 9.47 Å². The number of nitrogens with zero attached hydrogens (tertiary/aromatic N) is 1. The van der Waals surface area contributed by atoms with Gasteiger partial charge in [0.25, 0.3) is 5.91 Å². The normalized spacial score (nSPS) is 22.9. The second-order valence-electron chi connectivity index (χ2n) is 8.47. The number of hydrogen-bond acceptors (Lipinski definition) is 3. The summed E-state index contributed by atoms with van der Waals surface area (Å²) < 4.78 is 11.8. The molecule has 0 aliphatic carbocycles. The van der Waals surface area contributed by atoms with E-state index in [1.807, 2.05) is 37.4 Å². The highest BCUT2D eigenvalue weighted by Gasteiger charge is 2.28. The molecule has 1 atom stereocenters. The van der Waals surface area contributed by atoms with Crippen molar-refractivity contribution in [1.82, 2.24) is 4.90 Å². The number of fused-ring (bicyclic) bond motifs is 1. The Morgan fingerprint density at radius 2 is 1.68 bits per heavy atom. The zero-order valence-corrected chi connectivity index (χ0v) is 18.3. The molecule has 2 aliphatic heterocycles. The maximum Gasteiger partial charge on any atom is 0.277 e. The van der Waals surface area contributed by atoms with E-state index in [0.717, 1.165) is 44.2 Å². The van der Waals surface area contributed by atoms with Crippen LogP contribution in [0.15, 0.2) is 60.7 Å². The van der Waals surface area contributed by atoms with Crippen LogP contribution in [0.5, 0.6) is 11.5 Å². The summed E-state index contributed by atoms with van der Waals surface area (Å²) in [5.74, 6) is 1.70. The third-order valence-electron chi connectivity index (χ3n) is 6.05. The number of ether oxygens (including phenoxy) is 2. The minimum Gasteiger partial charge on any atom is -0.486 e. The van der Waals surface area contributed by atoms with Crippen LogP contribution >= 0.6 is 0 Å². The van der Waals surface area contributed by atoms with Crippen molar-refractivity contribution in [2.24, 2.45) is 0 Å². The molecule has 2 aromatic rings. The van der Waals surface area contributed by atoms with Crippen LogP contribution in [0.1, 0.15) is 5.56 Å². The summed E-state index contributed by atoms with van der Waals surface area (Å²) in [6.07, 6.45) is 4.33. The van der Waals surface area contributed by atoms with Gasteiger partial charge < -0.3 is 24.2 Å². The first-order valence-corrected chi connectivity index (χ1v) is 11.2. The van der Waals surface area contributed by atoms with Gasteiger partial charge in [0.05, 0.1) is 13.1 Å². The quantitative estimate of drug-likeness (QED) is 0.648. The zero-order chi connectivity index (χ0) is 21.5. The van der Waals surface area contributed by atoms with Crippen molar-refractivity contribution >= 4 is 12.0 Å². The van der Waals surface area contributed by atoms with E-state index in [1.54, 1.807) is 9.80 Å². The van der Waals surface area contributed by atoms with E-state index in [1.165, 1.54) is 10.5 Å². The van der Waals surface area contributed by atoms with E-state index in [9.17, 15) is 4.79 Å². The van der Waals surface area contributed by atoms with E-state index in [0.29, 0.717) is 19.7 Å². The molecule has 164 valence electrons. The Morgan fingerprint density at radius 3 is 2.45 bits per heavy atom. The van der Waals surface area contributed by atoms with Crippen LogP contribution in [0.25, 0.3) is 6.08 Å². The molecule has 0 unspecified atom stereocenters. The van der Waals surface area contributed by atoms with Crippen molar-refractivity contribution in [2.45, 2.75) is 6.10 Å². The fourth-order valence-corrected chi connectivity index (χ4v) is 4.17. The van der Waals surface area contributed by atoms with Gasteiger partial charge in [0, 0.05) is 7.05 Å². The van der Waals surface area contributed by atoms with Crippen LogP contribution in [0.3, 0.4) is 0 Å². The van der Waals surface area contributed by atoms with Gasteiger partial charge in [0.1, 0.15) is 32.8 Å². The number of nitrogens with one attached hydrogen (secondary N) is 2. The van der Waals surface area contributed by atoms with Gasteiger partial charge in [-0.05, 0) is 23.8 Å². The van der Waals surface area contributed by atoms with Crippen molar-refractivity contribution in [3.63, 3.8) is 0 Å². The Morgan fingerprint density at radius 1 is 1.00 bits per heavy atom. The molecule has 0 saturated carbocycles. The van der Waals surface area contributed by atoms with Gasteiger partial charge in [-0.3, -0.25) is 4.79 Å². The van der Waals surface area contributed by atoms with E-state index in [2.05, 4.69) is 36.4 Å². The molecule has 31 heavy (non-hydrogen) atoms. The molecule has 4 rings (SSSR count). The van der Waals surface area contributed by atoms with Gasteiger partial charge in [-0.15, -0.1) is 0 Å². The first kappa shape index (κ1) is 21.4. The molecule has 1 amide bonds. The molecular formula is C25H33N3O3+2. The van der Waals surface area contributed by atoms with Crippen LogP contribution in [-0.2, 0) is 4.79 Å². The summed E-state index contributed by atoms with van der Waals surface area (Å²) in [6, 6.07) is 18.1. The van der Waals surface area contributed by atoms with E-state index < -0.39 is 0 Å². The molecule has 0 bridgehead atoms. The topological polar surface area (TPSA) is 47.6 Å². The van der Waals surface area contributed by atoms with Gasteiger partial charge >= 0.3 is 0 Å². The highest BCUT2D eigenvalue weighted by Crippen LogP contribution is 2.30. The van der Waals surface area contributed by atoms with Gasteiger partial charge in [-0.1, -0.05) is 48.5 Å². The number of para-hydroxylation sites is 2. The van der Waals surface area contributed by atoms with Crippen molar-refractivity contribution < 1.29 is 24.1 Å². The third kappa shape index (κ3) is 6.09. The standard InChI is InChI=1S/C25H31N3O3/c1-26(18-22-20-30-23-11-5-6-12-24(23)31-22)25(29)19-28-16-14-27(15-17-28)13-7-10-21-8-3-2-4-9-21/h2-12,22H,13-20H2,1H3/p+2/b10-7+/t22-/m0/s1. The highest BCUT2D eigenvalue weighted by atomic mass is 16.6. The zero-order valence-electron chi connectivity index (χ0n) is 18.3. The number of likely N-dealkylation sites (N-methyl/N-ethyl adjacent to an activating group) is 1. The number of carbonyl (C=O) groups excluding carboxylic acids is 1. The Balaban J connectivity index is 1.16. The van der Waals surface area contributed by atoms with E-state index >= 15 is 0 Å². The predicted molar refractivity (Wildman–Crippen MR) is 121 cm³/mol. The molecule has 2 heterocycles. The Bertz CT molecular complexity index is 879. The van der Waals surface area contributed by atoms with Crippen LogP contribution in [-0.4, -0.2) is 76.4 Å². The number of quaternary nitrogens is 2. The van der Waals surface area contributed by atoms with Crippen LogP contribution < -0.4 is 19.3 Å². The lowest BCUT2D eigenvalue weighted by atomic mass is 10.2. The molecule has 0 aromatic heterocycles. The smallest absolute Gasteiger partial charge is 0.277 e. The van der Waals surface area contributed by atoms with Crippen LogP contribution in [0.4, 0.5) is 0 Å². The largest absolute Gasteiger partial charge is 0.486 e. The maximum atomic E-state index is 12.7. The Kier molecular flexibility index (Phi) is 7.22. The number of piperazine rings is 1. The van der Waals surface area contributed by atoms with Gasteiger partial charge in [0.2, 0.25) is 0 Å². The number of hydrogen-bond donors (Lipinski definition) is 2. The van der Waals surface area contributed by atoms with E-state index in [-0.39, 0.29) is 12.0 Å². The fourth-order valence-electron chi connectivity index (χ4n) is 4.17. The molecule has 0 radical (unpaired) electrons.